The molecule has 0 bridgehead atoms. The van der Waals surface area contributed by atoms with Crippen LogP contribution in [0.4, 0.5) is 0 Å². The van der Waals surface area contributed by atoms with Crippen molar-refractivity contribution >= 4 is 37.8 Å². The molecule has 1 aliphatic heterocycles. The Labute approximate surface area is 136 Å². The lowest BCUT2D eigenvalue weighted by atomic mass is 9.99. The lowest BCUT2D eigenvalue weighted by Gasteiger charge is -2.32. The lowest BCUT2D eigenvalue weighted by Crippen LogP contribution is -2.44. The molecular formula is C15H19Br2NO2. The van der Waals surface area contributed by atoms with Gasteiger partial charge in [-0.25, -0.2) is 0 Å². The number of nitrogens with zero attached hydrogens (tertiary/aromatic N) is 1. The lowest BCUT2D eigenvalue weighted by molar-refractivity contribution is -0.139. The summed E-state index contributed by atoms with van der Waals surface area (Å²) < 4.78 is 7.60. The molecule has 0 unspecified atom stereocenters. The van der Waals surface area contributed by atoms with Crippen molar-refractivity contribution in [1.82, 2.24) is 4.90 Å². The highest BCUT2D eigenvalue weighted by molar-refractivity contribution is 9.11. The summed E-state index contributed by atoms with van der Waals surface area (Å²) in [5, 5.41) is 0. The molecule has 1 atom stereocenters. The average Bonchev–Trinajstić information content (AvgIpc) is 2.42. The Morgan fingerprint density at radius 3 is 2.60 bits per heavy atom. The van der Waals surface area contributed by atoms with Crippen molar-refractivity contribution in [2.24, 2.45) is 5.92 Å². The monoisotopic (exact) mass is 403 g/mol. The van der Waals surface area contributed by atoms with Gasteiger partial charge < -0.3 is 9.64 Å². The summed E-state index contributed by atoms with van der Waals surface area (Å²) in [6, 6.07) is 5.67. The molecule has 5 heteroatoms. The maximum atomic E-state index is 12.4. The van der Waals surface area contributed by atoms with E-state index in [1.165, 1.54) is 0 Å². The molecule has 1 aromatic rings. The fraction of sp³-hybridized carbons (Fsp3) is 0.533. The van der Waals surface area contributed by atoms with Crippen LogP contribution >= 0.6 is 31.9 Å². The Kier molecular flexibility index (Phi) is 5.49. The highest BCUT2D eigenvalue weighted by Crippen LogP contribution is 2.29. The second-order valence-corrected chi connectivity index (χ2v) is 7.11. The molecule has 3 nitrogen and oxygen atoms in total. The number of amides is 1. The third-order valence-corrected chi connectivity index (χ3v) is 4.75. The molecule has 20 heavy (non-hydrogen) atoms. The van der Waals surface area contributed by atoms with Crippen LogP contribution in [-0.2, 0) is 4.79 Å². The number of halogens is 2. The minimum Gasteiger partial charge on any atom is -0.480 e. The molecule has 1 fully saturated rings. The Balaban J connectivity index is 1.97. The summed E-state index contributed by atoms with van der Waals surface area (Å²) in [5.41, 5.74) is 0. The maximum Gasteiger partial charge on any atom is 0.263 e. The maximum absolute atomic E-state index is 12.4. The number of benzene rings is 1. The third-order valence-electron chi connectivity index (χ3n) is 3.64. The highest BCUT2D eigenvalue weighted by atomic mass is 79.9. The summed E-state index contributed by atoms with van der Waals surface area (Å²) in [7, 11) is 0. The zero-order chi connectivity index (χ0) is 14.7. The van der Waals surface area contributed by atoms with Crippen molar-refractivity contribution in [1.29, 1.82) is 0 Å². The molecule has 1 aromatic carbocycles. The normalized spacial score (nSPS) is 17.9. The molecule has 2 rings (SSSR count). The summed E-state index contributed by atoms with van der Waals surface area (Å²) in [6.45, 7) is 5.74. The number of piperidine rings is 1. The van der Waals surface area contributed by atoms with Gasteiger partial charge in [-0.15, -0.1) is 0 Å². The van der Waals surface area contributed by atoms with Crippen molar-refractivity contribution in [3.8, 4) is 5.75 Å². The van der Waals surface area contributed by atoms with Crippen LogP contribution in [0.3, 0.4) is 0 Å². The molecule has 0 aromatic heterocycles. The molecule has 1 amide bonds. The van der Waals surface area contributed by atoms with Crippen LogP contribution in [0.2, 0.25) is 0 Å². The van der Waals surface area contributed by atoms with Gasteiger partial charge >= 0.3 is 0 Å². The van der Waals surface area contributed by atoms with Gasteiger partial charge in [0.25, 0.3) is 5.91 Å². The first kappa shape index (κ1) is 15.8. The SMILES string of the molecule is CC1CCN(C(=O)[C@H](C)Oc2ccc(Br)cc2Br)CC1. The van der Waals surface area contributed by atoms with Gasteiger partial charge in [-0.3, -0.25) is 4.79 Å². The Morgan fingerprint density at radius 2 is 2.00 bits per heavy atom. The zero-order valence-corrected chi connectivity index (χ0v) is 14.9. The van der Waals surface area contributed by atoms with E-state index in [0.29, 0.717) is 5.75 Å². The van der Waals surface area contributed by atoms with E-state index in [2.05, 4.69) is 38.8 Å². The molecule has 0 aliphatic carbocycles. The van der Waals surface area contributed by atoms with E-state index in [9.17, 15) is 4.79 Å². The fourth-order valence-electron chi connectivity index (χ4n) is 2.30. The van der Waals surface area contributed by atoms with Crippen molar-refractivity contribution in [2.75, 3.05) is 13.1 Å². The third kappa shape index (κ3) is 3.98. The van der Waals surface area contributed by atoms with E-state index in [-0.39, 0.29) is 5.91 Å². The van der Waals surface area contributed by atoms with Crippen LogP contribution < -0.4 is 4.74 Å². The quantitative estimate of drug-likeness (QED) is 0.753. The van der Waals surface area contributed by atoms with Crippen LogP contribution in [0.25, 0.3) is 0 Å². The van der Waals surface area contributed by atoms with Gasteiger partial charge in [-0.05, 0) is 59.8 Å². The average molecular weight is 405 g/mol. The largest absolute Gasteiger partial charge is 0.480 e. The van der Waals surface area contributed by atoms with Crippen molar-refractivity contribution < 1.29 is 9.53 Å². The number of likely N-dealkylation sites (tertiary alicyclic amines) is 1. The number of carbonyl (C=O) groups is 1. The first-order valence-corrected chi connectivity index (χ1v) is 8.46. The topological polar surface area (TPSA) is 29.5 Å². The van der Waals surface area contributed by atoms with E-state index in [1.54, 1.807) is 0 Å². The molecule has 0 spiro atoms. The number of hydrogen-bond donors (Lipinski definition) is 0. The standard InChI is InChI=1S/C15H19Br2NO2/c1-10-5-7-18(8-6-10)15(19)11(2)20-14-4-3-12(16)9-13(14)17/h3-4,9-11H,5-8H2,1-2H3/t11-/m0/s1. The second-order valence-electron chi connectivity index (χ2n) is 5.34. The molecular weight excluding hydrogens is 386 g/mol. The van der Waals surface area contributed by atoms with Gasteiger partial charge in [0.2, 0.25) is 0 Å². The van der Waals surface area contributed by atoms with E-state index in [4.69, 9.17) is 4.74 Å². The Morgan fingerprint density at radius 1 is 1.35 bits per heavy atom. The van der Waals surface area contributed by atoms with Gasteiger partial charge in [0.1, 0.15) is 5.75 Å². The number of rotatable bonds is 3. The highest BCUT2D eigenvalue weighted by Gasteiger charge is 2.25. The van der Waals surface area contributed by atoms with Crippen LogP contribution in [0.1, 0.15) is 26.7 Å². The predicted molar refractivity (Wildman–Crippen MR) is 86.9 cm³/mol. The van der Waals surface area contributed by atoms with Gasteiger partial charge in [0, 0.05) is 17.6 Å². The van der Waals surface area contributed by atoms with Crippen LogP contribution in [0.15, 0.2) is 27.1 Å². The van der Waals surface area contributed by atoms with Gasteiger partial charge in [-0.1, -0.05) is 22.9 Å². The first-order chi connectivity index (χ1) is 9.47. The van der Waals surface area contributed by atoms with E-state index in [0.717, 1.165) is 40.8 Å². The number of ether oxygens (including phenoxy) is 1. The number of hydrogen-bond acceptors (Lipinski definition) is 2. The fourth-order valence-corrected chi connectivity index (χ4v) is 3.44. The van der Waals surface area contributed by atoms with Gasteiger partial charge in [0.05, 0.1) is 4.47 Å². The van der Waals surface area contributed by atoms with Crippen molar-refractivity contribution in [3.63, 3.8) is 0 Å². The molecule has 0 radical (unpaired) electrons. The summed E-state index contributed by atoms with van der Waals surface area (Å²) in [5.74, 6) is 1.49. The summed E-state index contributed by atoms with van der Waals surface area (Å²) in [6.07, 6.45) is 1.71. The van der Waals surface area contributed by atoms with Crippen LogP contribution in [0, 0.1) is 5.92 Å². The summed E-state index contributed by atoms with van der Waals surface area (Å²) >= 11 is 6.85. The van der Waals surface area contributed by atoms with Crippen molar-refractivity contribution in [2.45, 2.75) is 32.8 Å². The molecule has 1 aliphatic rings. The smallest absolute Gasteiger partial charge is 0.263 e. The molecule has 1 saturated heterocycles. The Hall–Kier alpha value is -0.550. The zero-order valence-electron chi connectivity index (χ0n) is 11.7. The second kappa shape index (κ2) is 6.94. The van der Waals surface area contributed by atoms with Crippen LogP contribution in [0.5, 0.6) is 5.75 Å². The minimum absolute atomic E-state index is 0.0757. The van der Waals surface area contributed by atoms with E-state index >= 15 is 0 Å². The van der Waals surface area contributed by atoms with E-state index in [1.807, 2.05) is 30.0 Å². The Bertz CT molecular complexity index is 485. The molecule has 1 heterocycles. The van der Waals surface area contributed by atoms with Gasteiger partial charge in [-0.2, -0.15) is 0 Å². The molecule has 0 N–H and O–H groups in total. The van der Waals surface area contributed by atoms with Crippen molar-refractivity contribution in [3.05, 3.63) is 27.1 Å². The first-order valence-electron chi connectivity index (χ1n) is 6.88. The van der Waals surface area contributed by atoms with E-state index < -0.39 is 6.10 Å². The predicted octanol–water partition coefficient (Wildman–Crippen LogP) is 4.24. The summed E-state index contributed by atoms with van der Waals surface area (Å²) in [4.78, 5) is 14.3. The van der Waals surface area contributed by atoms with Gasteiger partial charge in [0.15, 0.2) is 6.10 Å². The molecule has 110 valence electrons. The van der Waals surface area contributed by atoms with Crippen LogP contribution in [-0.4, -0.2) is 30.0 Å². The minimum atomic E-state index is -0.458. The molecule has 0 saturated carbocycles. The number of carbonyl (C=O) groups excluding carboxylic acids is 1.